The molecule has 1 unspecified atom stereocenters. The van der Waals surface area contributed by atoms with E-state index in [1.165, 1.54) is 0 Å². The average molecular weight is 434 g/mol. The summed E-state index contributed by atoms with van der Waals surface area (Å²) in [4.78, 5) is 16.6. The standard InChI is InChI=1S/C21H23N5O.2ClH/c27-21(19-8-4-5-11-23-19)24-14-17-15-26(18-6-2-1-3-7-18)25-20(17)16-9-12-22-13-10-16;;/h1-3,6-7,9-10,12-13,15,19,23H,4-5,8,11,14H2,(H,24,27);2*1H. The Labute approximate surface area is 182 Å². The number of aromatic nitrogens is 3. The predicted octanol–water partition coefficient (Wildman–Crippen LogP) is 3.54. The molecule has 8 heteroatoms. The van der Waals surface area contributed by atoms with Crippen LogP contribution in [-0.2, 0) is 11.3 Å². The fourth-order valence-electron chi connectivity index (χ4n) is 3.39. The number of hydrogen-bond acceptors (Lipinski definition) is 4. The van der Waals surface area contributed by atoms with Crippen molar-refractivity contribution in [2.75, 3.05) is 6.54 Å². The summed E-state index contributed by atoms with van der Waals surface area (Å²) in [5.41, 5.74) is 3.81. The maximum Gasteiger partial charge on any atom is 0.237 e. The van der Waals surface area contributed by atoms with Gasteiger partial charge in [0.25, 0.3) is 0 Å². The minimum Gasteiger partial charge on any atom is -0.351 e. The lowest BCUT2D eigenvalue weighted by molar-refractivity contribution is -0.123. The number of amides is 1. The third-order valence-electron chi connectivity index (χ3n) is 4.84. The molecule has 1 aliphatic rings. The number of piperidine rings is 1. The third-order valence-corrected chi connectivity index (χ3v) is 4.84. The van der Waals surface area contributed by atoms with E-state index in [2.05, 4.69) is 15.6 Å². The second kappa shape index (κ2) is 11.0. The lowest BCUT2D eigenvalue weighted by Gasteiger charge is -2.22. The molecule has 3 heterocycles. The minimum atomic E-state index is -0.0905. The molecule has 1 amide bonds. The van der Waals surface area contributed by atoms with E-state index >= 15 is 0 Å². The molecule has 3 aromatic rings. The van der Waals surface area contributed by atoms with E-state index in [9.17, 15) is 4.79 Å². The van der Waals surface area contributed by atoms with Crippen LogP contribution in [0.5, 0.6) is 0 Å². The molecule has 4 rings (SSSR count). The molecule has 2 N–H and O–H groups in total. The summed E-state index contributed by atoms with van der Waals surface area (Å²) >= 11 is 0. The van der Waals surface area contributed by atoms with Crippen molar-refractivity contribution in [1.82, 2.24) is 25.4 Å². The van der Waals surface area contributed by atoms with Crippen molar-refractivity contribution in [2.45, 2.75) is 31.8 Å². The molecule has 1 saturated heterocycles. The number of rotatable bonds is 5. The van der Waals surface area contributed by atoms with Crippen LogP contribution in [0.1, 0.15) is 24.8 Å². The number of carbonyl (C=O) groups is 1. The quantitative estimate of drug-likeness (QED) is 0.645. The van der Waals surface area contributed by atoms with E-state index in [1.54, 1.807) is 12.4 Å². The number of halogens is 2. The Bertz CT molecular complexity index is 896. The first-order valence-electron chi connectivity index (χ1n) is 9.37. The Morgan fingerprint density at radius 2 is 1.86 bits per heavy atom. The maximum absolute atomic E-state index is 12.5. The van der Waals surface area contributed by atoms with E-state index < -0.39 is 0 Å². The van der Waals surface area contributed by atoms with E-state index in [1.807, 2.05) is 53.3 Å². The molecule has 29 heavy (non-hydrogen) atoms. The highest BCUT2D eigenvalue weighted by Gasteiger charge is 2.21. The largest absolute Gasteiger partial charge is 0.351 e. The highest BCUT2D eigenvalue weighted by Crippen LogP contribution is 2.23. The van der Waals surface area contributed by atoms with Gasteiger partial charge >= 0.3 is 0 Å². The summed E-state index contributed by atoms with van der Waals surface area (Å²) in [5, 5.41) is 11.1. The van der Waals surface area contributed by atoms with Crippen LogP contribution in [0.15, 0.2) is 61.1 Å². The molecule has 1 fully saturated rings. The second-order valence-corrected chi connectivity index (χ2v) is 6.74. The van der Waals surface area contributed by atoms with Gasteiger partial charge in [-0.25, -0.2) is 4.68 Å². The number of carbonyl (C=O) groups excluding carboxylic acids is 1. The monoisotopic (exact) mass is 433 g/mol. The SMILES string of the molecule is Cl.Cl.O=C(NCc1cn(-c2ccccc2)nc1-c1ccncc1)C1CCCCN1. The smallest absolute Gasteiger partial charge is 0.237 e. The molecule has 6 nitrogen and oxygen atoms in total. The zero-order chi connectivity index (χ0) is 18.5. The van der Waals surface area contributed by atoms with Crippen molar-refractivity contribution in [3.63, 3.8) is 0 Å². The Morgan fingerprint density at radius 1 is 1.10 bits per heavy atom. The van der Waals surface area contributed by atoms with Gasteiger partial charge in [-0.2, -0.15) is 5.10 Å². The summed E-state index contributed by atoms with van der Waals surface area (Å²) < 4.78 is 1.86. The minimum absolute atomic E-state index is 0. The first-order valence-corrected chi connectivity index (χ1v) is 9.37. The van der Waals surface area contributed by atoms with Crippen LogP contribution in [0.2, 0.25) is 0 Å². The third kappa shape index (κ3) is 5.56. The van der Waals surface area contributed by atoms with Crippen LogP contribution in [0.4, 0.5) is 0 Å². The van der Waals surface area contributed by atoms with Gasteiger partial charge in [-0.3, -0.25) is 9.78 Å². The number of nitrogens with one attached hydrogen (secondary N) is 2. The van der Waals surface area contributed by atoms with Gasteiger partial charge in [0.15, 0.2) is 0 Å². The van der Waals surface area contributed by atoms with Crippen molar-refractivity contribution in [2.24, 2.45) is 0 Å². The number of nitrogens with zero attached hydrogens (tertiary/aromatic N) is 3. The summed E-state index contributed by atoms with van der Waals surface area (Å²) in [7, 11) is 0. The first-order chi connectivity index (χ1) is 13.3. The second-order valence-electron chi connectivity index (χ2n) is 6.74. The molecule has 0 spiro atoms. The first kappa shape index (κ1) is 22.9. The fraction of sp³-hybridized carbons (Fsp3) is 0.286. The zero-order valence-electron chi connectivity index (χ0n) is 16.0. The van der Waals surface area contributed by atoms with Gasteiger partial charge in [-0.1, -0.05) is 24.6 Å². The number of para-hydroxylation sites is 1. The molecule has 154 valence electrons. The summed E-state index contributed by atoms with van der Waals surface area (Å²) in [5.74, 6) is 0.0582. The highest BCUT2D eigenvalue weighted by atomic mass is 35.5. The van der Waals surface area contributed by atoms with Crippen LogP contribution in [0, 0.1) is 0 Å². The van der Waals surface area contributed by atoms with Gasteiger partial charge < -0.3 is 10.6 Å². The lowest BCUT2D eigenvalue weighted by Crippen LogP contribution is -2.46. The van der Waals surface area contributed by atoms with Crippen LogP contribution in [0.3, 0.4) is 0 Å². The highest BCUT2D eigenvalue weighted by molar-refractivity contribution is 5.85. The molecule has 2 aromatic heterocycles. The molecule has 0 radical (unpaired) electrons. The Hall–Kier alpha value is -2.41. The van der Waals surface area contributed by atoms with Crippen LogP contribution in [0.25, 0.3) is 16.9 Å². The molecule has 1 atom stereocenters. The molecule has 1 aromatic carbocycles. The van der Waals surface area contributed by atoms with Gasteiger partial charge in [0.1, 0.15) is 0 Å². The molecular weight excluding hydrogens is 409 g/mol. The molecular formula is C21H25Cl2N5O. The summed E-state index contributed by atoms with van der Waals surface area (Å²) in [6, 6.07) is 13.8. The predicted molar refractivity (Wildman–Crippen MR) is 119 cm³/mol. The fourth-order valence-corrected chi connectivity index (χ4v) is 3.39. The van der Waals surface area contributed by atoms with E-state index in [-0.39, 0.29) is 36.8 Å². The van der Waals surface area contributed by atoms with E-state index in [0.29, 0.717) is 6.54 Å². The summed E-state index contributed by atoms with van der Waals surface area (Å²) in [6.45, 7) is 1.35. The maximum atomic E-state index is 12.5. The van der Waals surface area contributed by atoms with Crippen molar-refractivity contribution in [1.29, 1.82) is 0 Å². The van der Waals surface area contributed by atoms with Gasteiger partial charge in [0.05, 0.1) is 17.4 Å². The number of benzene rings is 1. The number of pyridine rings is 1. The zero-order valence-corrected chi connectivity index (χ0v) is 17.6. The van der Waals surface area contributed by atoms with E-state index in [0.717, 1.165) is 48.3 Å². The van der Waals surface area contributed by atoms with Crippen molar-refractivity contribution in [3.8, 4) is 16.9 Å². The Kier molecular flexibility index (Phi) is 8.64. The molecule has 1 aliphatic heterocycles. The Balaban J connectivity index is 0.00000150. The normalized spacial score (nSPS) is 15.7. The average Bonchev–Trinajstić information content (AvgIpc) is 3.18. The number of hydrogen-bond donors (Lipinski definition) is 2. The van der Waals surface area contributed by atoms with Gasteiger partial charge in [-0.05, 0) is 43.7 Å². The lowest BCUT2D eigenvalue weighted by atomic mass is 10.0. The van der Waals surface area contributed by atoms with Crippen molar-refractivity contribution >= 4 is 30.7 Å². The molecule has 0 bridgehead atoms. The van der Waals surface area contributed by atoms with Crippen LogP contribution >= 0.6 is 24.8 Å². The molecule has 0 aliphatic carbocycles. The summed E-state index contributed by atoms with van der Waals surface area (Å²) in [6.07, 6.45) is 8.63. The Morgan fingerprint density at radius 3 is 2.55 bits per heavy atom. The van der Waals surface area contributed by atoms with Crippen molar-refractivity contribution in [3.05, 3.63) is 66.6 Å². The van der Waals surface area contributed by atoms with E-state index in [4.69, 9.17) is 5.10 Å². The van der Waals surface area contributed by atoms with Crippen molar-refractivity contribution < 1.29 is 4.79 Å². The molecule has 0 saturated carbocycles. The van der Waals surface area contributed by atoms with Gasteiger partial charge in [-0.15, -0.1) is 24.8 Å². The van der Waals surface area contributed by atoms with Gasteiger partial charge in [0.2, 0.25) is 5.91 Å². The van der Waals surface area contributed by atoms with Gasteiger partial charge in [0, 0.05) is 36.3 Å². The topological polar surface area (TPSA) is 71.8 Å². The van der Waals surface area contributed by atoms with Crippen LogP contribution < -0.4 is 10.6 Å². The van der Waals surface area contributed by atoms with Crippen LogP contribution in [-0.4, -0.2) is 33.3 Å².